The molecule has 0 radical (unpaired) electrons. The minimum absolute atomic E-state index is 0.0816. The molecule has 0 bridgehead atoms. The van der Waals surface area contributed by atoms with E-state index in [0.29, 0.717) is 6.42 Å². The van der Waals surface area contributed by atoms with Crippen LogP contribution in [-0.4, -0.2) is 31.6 Å². The van der Waals surface area contributed by atoms with Crippen molar-refractivity contribution in [3.8, 4) is 0 Å². The molecular formula is C9H13NO2. The number of epoxide rings is 1. The van der Waals surface area contributed by atoms with Crippen molar-refractivity contribution < 1.29 is 9.53 Å². The Labute approximate surface area is 71.8 Å². The molecule has 2 fully saturated rings. The highest BCUT2D eigenvalue weighted by Crippen LogP contribution is 2.37. The van der Waals surface area contributed by atoms with E-state index in [1.54, 1.807) is 0 Å². The van der Waals surface area contributed by atoms with Crippen LogP contribution >= 0.6 is 0 Å². The Balaban J connectivity index is 1.98. The third-order valence-corrected chi connectivity index (χ3v) is 2.40. The third-order valence-electron chi connectivity index (χ3n) is 2.40. The van der Waals surface area contributed by atoms with Gasteiger partial charge in [0.1, 0.15) is 12.2 Å². The molecule has 1 saturated carbocycles. The largest absolute Gasteiger partial charge is 0.357 e. The summed E-state index contributed by atoms with van der Waals surface area (Å²) < 4.78 is 5.25. The lowest BCUT2D eigenvalue weighted by Crippen LogP contribution is -2.18. The van der Waals surface area contributed by atoms with Gasteiger partial charge in [-0.05, 0) is 19.0 Å². The normalized spacial score (nSPS) is 36.8. The van der Waals surface area contributed by atoms with E-state index in [-0.39, 0.29) is 18.0 Å². The van der Waals surface area contributed by atoms with Crippen molar-refractivity contribution in [3.63, 3.8) is 0 Å². The molecule has 1 aliphatic heterocycles. The summed E-state index contributed by atoms with van der Waals surface area (Å²) in [6.07, 6.45) is 3.75. The molecule has 0 spiro atoms. The molecule has 0 aromatic rings. The molecule has 2 aliphatic rings. The van der Waals surface area contributed by atoms with E-state index >= 15 is 0 Å². The number of likely N-dealkylation sites (N-methyl/N-ethyl adjacent to an activating group) is 1. The Hall–Kier alpha value is -0.670. The fourth-order valence-electron chi connectivity index (χ4n) is 1.64. The van der Waals surface area contributed by atoms with Gasteiger partial charge in [-0.15, -0.1) is 0 Å². The van der Waals surface area contributed by atoms with Gasteiger partial charge in [0, 0.05) is 13.0 Å². The number of rotatable bonds is 2. The van der Waals surface area contributed by atoms with Crippen LogP contribution < -0.4 is 5.32 Å². The Kier molecular flexibility index (Phi) is 1.98. The van der Waals surface area contributed by atoms with Crippen molar-refractivity contribution in [2.75, 3.05) is 13.6 Å². The number of hydrogen-bond acceptors (Lipinski definition) is 3. The summed E-state index contributed by atoms with van der Waals surface area (Å²) in [5.74, 6) is 0.279. The Bertz CT molecular complexity index is 235. The lowest BCUT2D eigenvalue weighted by molar-refractivity contribution is -0.120. The van der Waals surface area contributed by atoms with Gasteiger partial charge in [0.2, 0.25) is 0 Å². The van der Waals surface area contributed by atoms with Crippen LogP contribution in [0.5, 0.6) is 0 Å². The predicted octanol–water partition coefficient (Wildman–Crippen LogP) is 0.262. The van der Waals surface area contributed by atoms with Gasteiger partial charge < -0.3 is 10.1 Å². The number of carbonyl (C=O) groups excluding carboxylic acids is 1. The Morgan fingerprint density at radius 3 is 3.17 bits per heavy atom. The fraction of sp³-hybridized carbons (Fsp3) is 0.667. The van der Waals surface area contributed by atoms with E-state index < -0.39 is 0 Å². The zero-order valence-corrected chi connectivity index (χ0v) is 7.17. The molecular weight excluding hydrogens is 154 g/mol. The summed E-state index contributed by atoms with van der Waals surface area (Å²) in [6.45, 7) is 0.871. The van der Waals surface area contributed by atoms with Gasteiger partial charge in [-0.2, -0.15) is 0 Å². The summed E-state index contributed by atoms with van der Waals surface area (Å²) in [7, 11) is 1.91. The number of ether oxygens (including phenoxy) is 1. The van der Waals surface area contributed by atoms with Crippen LogP contribution in [0.15, 0.2) is 11.6 Å². The summed E-state index contributed by atoms with van der Waals surface area (Å²) >= 11 is 0. The molecule has 3 nitrogen and oxygen atoms in total. The first-order chi connectivity index (χ1) is 5.83. The van der Waals surface area contributed by atoms with Crippen LogP contribution in [0.3, 0.4) is 0 Å². The minimum Gasteiger partial charge on any atom is -0.357 e. The summed E-state index contributed by atoms with van der Waals surface area (Å²) in [4.78, 5) is 11.1. The lowest BCUT2D eigenvalue weighted by Gasteiger charge is -2.07. The lowest BCUT2D eigenvalue weighted by atomic mass is 9.94. The van der Waals surface area contributed by atoms with Gasteiger partial charge in [0.05, 0.1) is 0 Å². The third kappa shape index (κ3) is 1.30. The molecule has 0 aromatic carbocycles. The maximum Gasteiger partial charge on any atom is 0.164 e. The van der Waals surface area contributed by atoms with Crippen molar-refractivity contribution in [2.45, 2.75) is 25.0 Å². The standard InChI is InChI=1S/C9H13NO2/c1-10-5-4-6-2-3-7(11)9-8(6)12-9/h4,8-10H,2-3,5H2,1H3/b6-4-. The molecule has 2 unspecified atom stereocenters. The van der Waals surface area contributed by atoms with E-state index in [9.17, 15) is 4.79 Å². The van der Waals surface area contributed by atoms with Gasteiger partial charge in [-0.1, -0.05) is 6.08 Å². The molecule has 2 atom stereocenters. The fourth-order valence-corrected chi connectivity index (χ4v) is 1.64. The summed E-state index contributed by atoms with van der Waals surface area (Å²) in [5.41, 5.74) is 1.30. The van der Waals surface area contributed by atoms with Crippen LogP contribution in [0.4, 0.5) is 0 Å². The molecule has 0 aromatic heterocycles. The van der Waals surface area contributed by atoms with E-state index in [1.807, 2.05) is 7.05 Å². The minimum atomic E-state index is -0.0816. The van der Waals surface area contributed by atoms with Crippen molar-refractivity contribution in [1.82, 2.24) is 5.32 Å². The highest BCUT2D eigenvalue weighted by Gasteiger charge is 2.49. The first-order valence-corrected chi connectivity index (χ1v) is 4.34. The van der Waals surface area contributed by atoms with E-state index in [1.165, 1.54) is 5.57 Å². The van der Waals surface area contributed by atoms with Gasteiger partial charge in [-0.3, -0.25) is 4.79 Å². The topological polar surface area (TPSA) is 41.6 Å². The number of hydrogen-bond donors (Lipinski definition) is 1. The number of ketones is 1. The van der Waals surface area contributed by atoms with Crippen molar-refractivity contribution in [1.29, 1.82) is 0 Å². The van der Waals surface area contributed by atoms with E-state index in [4.69, 9.17) is 4.74 Å². The van der Waals surface area contributed by atoms with Crippen LogP contribution in [0.25, 0.3) is 0 Å². The average Bonchev–Trinajstić information content (AvgIpc) is 2.83. The quantitative estimate of drug-likeness (QED) is 0.474. The molecule has 66 valence electrons. The zero-order chi connectivity index (χ0) is 8.55. The van der Waals surface area contributed by atoms with Crippen LogP contribution in [0.2, 0.25) is 0 Å². The molecule has 1 saturated heterocycles. The number of nitrogens with one attached hydrogen (secondary N) is 1. The van der Waals surface area contributed by atoms with Crippen molar-refractivity contribution in [2.24, 2.45) is 0 Å². The van der Waals surface area contributed by atoms with E-state index in [2.05, 4.69) is 11.4 Å². The molecule has 1 N–H and O–H groups in total. The van der Waals surface area contributed by atoms with E-state index in [0.717, 1.165) is 13.0 Å². The number of carbonyl (C=O) groups is 1. The SMILES string of the molecule is CNC/C=C1/CCC(=O)C2OC12. The monoisotopic (exact) mass is 167 g/mol. The summed E-state index contributed by atoms with van der Waals surface area (Å²) in [6, 6.07) is 0. The van der Waals surface area contributed by atoms with Gasteiger partial charge in [0.25, 0.3) is 0 Å². The molecule has 2 rings (SSSR count). The second-order valence-electron chi connectivity index (χ2n) is 3.28. The Morgan fingerprint density at radius 1 is 1.58 bits per heavy atom. The smallest absolute Gasteiger partial charge is 0.164 e. The van der Waals surface area contributed by atoms with Crippen molar-refractivity contribution >= 4 is 5.78 Å². The first kappa shape index (κ1) is 7.95. The molecule has 0 amide bonds. The van der Waals surface area contributed by atoms with Crippen LogP contribution in [0, 0.1) is 0 Å². The van der Waals surface area contributed by atoms with Gasteiger partial charge >= 0.3 is 0 Å². The first-order valence-electron chi connectivity index (χ1n) is 4.34. The van der Waals surface area contributed by atoms with Crippen molar-refractivity contribution in [3.05, 3.63) is 11.6 Å². The van der Waals surface area contributed by atoms with Gasteiger partial charge in [0.15, 0.2) is 5.78 Å². The summed E-state index contributed by atoms with van der Waals surface area (Å²) in [5, 5.41) is 3.05. The maximum absolute atomic E-state index is 11.1. The maximum atomic E-state index is 11.1. The highest BCUT2D eigenvalue weighted by atomic mass is 16.6. The second kappa shape index (κ2) is 2.99. The zero-order valence-electron chi connectivity index (χ0n) is 7.17. The molecule has 1 aliphatic carbocycles. The van der Waals surface area contributed by atoms with Gasteiger partial charge in [-0.25, -0.2) is 0 Å². The predicted molar refractivity (Wildman–Crippen MR) is 44.9 cm³/mol. The molecule has 3 heteroatoms. The Morgan fingerprint density at radius 2 is 2.42 bits per heavy atom. The highest BCUT2D eigenvalue weighted by molar-refractivity contribution is 5.88. The second-order valence-corrected chi connectivity index (χ2v) is 3.28. The average molecular weight is 167 g/mol. The number of Topliss-reactive ketones (excluding diaryl/α,β-unsaturated/α-hetero) is 1. The molecule has 12 heavy (non-hydrogen) atoms. The number of fused-ring (bicyclic) bond motifs is 1. The molecule has 1 heterocycles. The van der Waals surface area contributed by atoms with Crippen LogP contribution in [-0.2, 0) is 9.53 Å². The van der Waals surface area contributed by atoms with Crippen LogP contribution in [0.1, 0.15) is 12.8 Å².